The Morgan fingerprint density at radius 2 is 1.96 bits per heavy atom. The molecule has 130 valence electrons. The number of aryl methyl sites for hydroxylation is 1. The van der Waals surface area contributed by atoms with Gasteiger partial charge in [-0.2, -0.15) is 0 Å². The maximum Gasteiger partial charge on any atom is 0.246 e. The molecule has 0 atom stereocenters. The molecular weight excluding hydrogens is 314 g/mol. The van der Waals surface area contributed by atoms with Crippen LogP contribution in [0, 0.1) is 6.92 Å². The fourth-order valence-corrected chi connectivity index (χ4v) is 3.36. The van der Waals surface area contributed by atoms with Crippen molar-refractivity contribution in [1.29, 1.82) is 0 Å². The second-order valence-corrected chi connectivity index (χ2v) is 6.79. The van der Waals surface area contributed by atoms with E-state index in [9.17, 15) is 4.79 Å². The van der Waals surface area contributed by atoms with E-state index in [1.165, 1.54) is 0 Å². The smallest absolute Gasteiger partial charge is 0.246 e. The molecule has 3 heterocycles. The molecule has 25 heavy (non-hydrogen) atoms. The third kappa shape index (κ3) is 3.57. The van der Waals surface area contributed by atoms with Gasteiger partial charge in [0.2, 0.25) is 5.91 Å². The average molecular weight is 337 g/mol. The van der Waals surface area contributed by atoms with Crippen LogP contribution in [-0.4, -0.2) is 66.1 Å². The van der Waals surface area contributed by atoms with Crippen molar-refractivity contribution in [1.82, 2.24) is 14.8 Å². The number of nitrogens with zero attached hydrogens (tertiary/aromatic N) is 3. The van der Waals surface area contributed by atoms with E-state index >= 15 is 0 Å². The zero-order valence-corrected chi connectivity index (χ0v) is 14.5. The van der Waals surface area contributed by atoms with Crippen LogP contribution < -0.4 is 0 Å². The van der Waals surface area contributed by atoms with Gasteiger partial charge in [-0.15, -0.1) is 0 Å². The predicted molar refractivity (Wildman–Crippen MR) is 98.3 cm³/mol. The Labute approximate surface area is 147 Å². The lowest BCUT2D eigenvalue weighted by molar-refractivity contribution is -0.130. The van der Waals surface area contributed by atoms with Crippen molar-refractivity contribution >= 4 is 22.9 Å². The molecule has 5 nitrogen and oxygen atoms in total. The average Bonchev–Trinajstić information content (AvgIpc) is 2.59. The Hall–Kier alpha value is -2.24. The number of hydrogen-bond acceptors (Lipinski definition) is 4. The summed E-state index contributed by atoms with van der Waals surface area (Å²) in [6.45, 7) is 7.13. The summed E-state index contributed by atoms with van der Waals surface area (Å²) in [6, 6.07) is 10.7. The lowest BCUT2D eigenvalue weighted by Crippen LogP contribution is -2.57. The minimum Gasteiger partial charge on any atom is -0.378 e. The highest BCUT2D eigenvalue weighted by Crippen LogP contribution is 2.17. The summed E-state index contributed by atoms with van der Waals surface area (Å²) in [5.41, 5.74) is 3.02. The molecule has 0 N–H and O–H groups in total. The number of carbonyl (C=O) groups is 1. The van der Waals surface area contributed by atoms with E-state index in [4.69, 9.17) is 4.74 Å². The molecule has 2 fully saturated rings. The van der Waals surface area contributed by atoms with E-state index in [2.05, 4.69) is 22.0 Å². The summed E-state index contributed by atoms with van der Waals surface area (Å²) in [4.78, 5) is 21.3. The van der Waals surface area contributed by atoms with Gasteiger partial charge in [0, 0.05) is 43.3 Å². The van der Waals surface area contributed by atoms with Gasteiger partial charge < -0.3 is 9.64 Å². The van der Waals surface area contributed by atoms with Gasteiger partial charge in [0.1, 0.15) is 0 Å². The van der Waals surface area contributed by atoms with Crippen LogP contribution in [0.5, 0.6) is 0 Å². The van der Waals surface area contributed by atoms with Crippen LogP contribution in [0.2, 0.25) is 0 Å². The molecule has 2 aliphatic rings. The number of amides is 1. The van der Waals surface area contributed by atoms with Crippen LogP contribution in [0.4, 0.5) is 0 Å². The second-order valence-electron chi connectivity index (χ2n) is 6.79. The van der Waals surface area contributed by atoms with Gasteiger partial charge in [0.15, 0.2) is 0 Å². The van der Waals surface area contributed by atoms with Crippen LogP contribution in [0.15, 0.2) is 36.4 Å². The van der Waals surface area contributed by atoms with Gasteiger partial charge in [-0.05, 0) is 36.8 Å². The Morgan fingerprint density at radius 3 is 2.68 bits per heavy atom. The lowest BCUT2D eigenvalue weighted by Gasteiger charge is -2.42. The highest BCUT2D eigenvalue weighted by Gasteiger charge is 2.29. The fourth-order valence-electron chi connectivity index (χ4n) is 3.36. The summed E-state index contributed by atoms with van der Waals surface area (Å²) in [6.07, 6.45) is 3.58. The second kappa shape index (κ2) is 6.94. The number of ether oxygens (including phenoxy) is 1. The molecule has 0 unspecified atom stereocenters. The molecule has 0 aliphatic carbocycles. The van der Waals surface area contributed by atoms with Gasteiger partial charge >= 0.3 is 0 Å². The standard InChI is InChI=1S/C20H23N3O2/c1-15-2-5-17-12-16(3-6-19(17)21-15)4-7-20(24)23-10-8-22(9-11-23)18-13-25-14-18/h2-7,12,18H,8-11,13-14H2,1H3/b7-4+. The molecule has 0 spiro atoms. The minimum absolute atomic E-state index is 0.0895. The van der Waals surface area contributed by atoms with Crippen LogP contribution in [0.3, 0.4) is 0 Å². The molecule has 0 saturated carbocycles. The van der Waals surface area contributed by atoms with Crippen molar-refractivity contribution in [2.45, 2.75) is 13.0 Å². The first-order valence-corrected chi connectivity index (χ1v) is 8.85. The third-order valence-corrected chi connectivity index (χ3v) is 5.03. The normalized spacial score (nSPS) is 19.5. The van der Waals surface area contributed by atoms with Gasteiger partial charge in [-0.3, -0.25) is 14.7 Å². The molecule has 4 rings (SSSR count). The maximum atomic E-state index is 12.4. The van der Waals surface area contributed by atoms with E-state index in [0.717, 1.165) is 61.6 Å². The number of hydrogen-bond donors (Lipinski definition) is 0. The van der Waals surface area contributed by atoms with Crippen LogP contribution in [0.25, 0.3) is 17.0 Å². The predicted octanol–water partition coefficient (Wildman–Crippen LogP) is 2.10. The largest absolute Gasteiger partial charge is 0.378 e. The minimum atomic E-state index is 0.0895. The Kier molecular flexibility index (Phi) is 4.51. The van der Waals surface area contributed by atoms with Crippen molar-refractivity contribution in [3.63, 3.8) is 0 Å². The molecule has 2 saturated heterocycles. The van der Waals surface area contributed by atoms with Gasteiger partial charge in [-0.25, -0.2) is 0 Å². The summed E-state index contributed by atoms with van der Waals surface area (Å²) in [5.74, 6) is 0.0895. The molecular formula is C20H23N3O2. The molecule has 2 aromatic rings. The van der Waals surface area contributed by atoms with Crippen LogP contribution in [0.1, 0.15) is 11.3 Å². The topological polar surface area (TPSA) is 45.7 Å². The zero-order chi connectivity index (χ0) is 17.2. The van der Waals surface area contributed by atoms with Gasteiger partial charge in [0.05, 0.1) is 24.8 Å². The SMILES string of the molecule is Cc1ccc2cc(/C=C/C(=O)N3CCN(C4COC4)CC3)ccc2n1. The van der Waals surface area contributed by atoms with Gasteiger partial charge in [0.25, 0.3) is 0 Å². The summed E-state index contributed by atoms with van der Waals surface area (Å²) < 4.78 is 5.25. The third-order valence-electron chi connectivity index (χ3n) is 5.03. The number of carbonyl (C=O) groups excluding carboxylic acids is 1. The van der Waals surface area contributed by atoms with Crippen molar-refractivity contribution in [3.8, 4) is 0 Å². The first-order valence-electron chi connectivity index (χ1n) is 8.85. The van der Waals surface area contributed by atoms with E-state index in [1.54, 1.807) is 6.08 Å². The number of rotatable bonds is 3. The van der Waals surface area contributed by atoms with Gasteiger partial charge in [-0.1, -0.05) is 12.1 Å². The van der Waals surface area contributed by atoms with E-state index < -0.39 is 0 Å². The number of aromatic nitrogens is 1. The monoisotopic (exact) mass is 337 g/mol. The quantitative estimate of drug-likeness (QED) is 0.805. The highest BCUT2D eigenvalue weighted by atomic mass is 16.5. The highest BCUT2D eigenvalue weighted by molar-refractivity contribution is 5.92. The Balaban J connectivity index is 1.38. The number of benzene rings is 1. The summed E-state index contributed by atoms with van der Waals surface area (Å²) in [7, 11) is 0. The van der Waals surface area contributed by atoms with Crippen LogP contribution >= 0.6 is 0 Å². The molecule has 0 bridgehead atoms. The molecule has 2 aliphatic heterocycles. The Bertz CT molecular complexity index is 806. The molecule has 1 aromatic carbocycles. The lowest BCUT2D eigenvalue weighted by atomic mass is 10.1. The number of fused-ring (bicyclic) bond motifs is 1. The van der Waals surface area contributed by atoms with E-state index in [0.29, 0.717) is 6.04 Å². The zero-order valence-electron chi connectivity index (χ0n) is 14.5. The van der Waals surface area contributed by atoms with E-state index in [1.807, 2.05) is 36.1 Å². The number of pyridine rings is 1. The van der Waals surface area contributed by atoms with Crippen molar-refractivity contribution in [3.05, 3.63) is 47.7 Å². The molecule has 1 amide bonds. The summed E-state index contributed by atoms with van der Waals surface area (Å²) >= 11 is 0. The summed E-state index contributed by atoms with van der Waals surface area (Å²) in [5, 5.41) is 1.09. The molecule has 0 radical (unpaired) electrons. The first kappa shape index (κ1) is 16.2. The molecule has 1 aromatic heterocycles. The number of piperazine rings is 1. The van der Waals surface area contributed by atoms with Crippen molar-refractivity contribution in [2.24, 2.45) is 0 Å². The Morgan fingerprint density at radius 1 is 1.16 bits per heavy atom. The first-order chi connectivity index (χ1) is 12.2. The fraction of sp³-hybridized carbons (Fsp3) is 0.400. The van der Waals surface area contributed by atoms with E-state index in [-0.39, 0.29) is 5.91 Å². The van der Waals surface area contributed by atoms with Crippen LogP contribution in [-0.2, 0) is 9.53 Å². The van der Waals surface area contributed by atoms with Crippen molar-refractivity contribution in [2.75, 3.05) is 39.4 Å². The maximum absolute atomic E-state index is 12.4. The van der Waals surface area contributed by atoms with Crippen molar-refractivity contribution < 1.29 is 9.53 Å². The molecule has 5 heteroatoms.